The number of aliphatic hydroxyl groups is 1. The molecule has 0 aliphatic heterocycles. The first-order chi connectivity index (χ1) is 15.2. The van der Waals surface area contributed by atoms with Gasteiger partial charge in [0, 0.05) is 30.5 Å². The summed E-state index contributed by atoms with van der Waals surface area (Å²) in [5.41, 5.74) is 2.14. The molecule has 0 saturated heterocycles. The zero-order valence-corrected chi connectivity index (χ0v) is 17.9. The van der Waals surface area contributed by atoms with E-state index in [4.69, 9.17) is 11.6 Å². The number of nitrogens with one attached hydrogen (secondary N) is 3. The lowest BCUT2D eigenvalue weighted by atomic mass is 9.93. The van der Waals surface area contributed by atoms with Crippen molar-refractivity contribution in [2.75, 3.05) is 16.0 Å². The van der Waals surface area contributed by atoms with E-state index in [2.05, 4.69) is 35.9 Å². The van der Waals surface area contributed by atoms with E-state index in [1.807, 2.05) is 36.4 Å². The average molecular weight is 440 g/mol. The molecule has 1 saturated carbocycles. The van der Waals surface area contributed by atoms with Crippen molar-refractivity contribution in [3.63, 3.8) is 0 Å². The quantitative estimate of drug-likeness (QED) is 0.419. The van der Waals surface area contributed by atoms with Gasteiger partial charge in [-0.2, -0.15) is 15.0 Å². The van der Waals surface area contributed by atoms with Crippen LogP contribution in [0, 0.1) is 0 Å². The zero-order chi connectivity index (χ0) is 21.5. The lowest BCUT2D eigenvalue weighted by Gasteiger charge is -2.28. The molecule has 3 aromatic rings. The van der Waals surface area contributed by atoms with Crippen LogP contribution < -0.4 is 16.0 Å². The van der Waals surface area contributed by atoms with Crippen LogP contribution in [0.3, 0.4) is 0 Å². The first-order valence-corrected chi connectivity index (χ1v) is 10.9. The van der Waals surface area contributed by atoms with Crippen LogP contribution in [-0.4, -0.2) is 37.2 Å². The number of nitrogens with zero attached hydrogens (tertiary/aromatic N) is 4. The lowest BCUT2D eigenvalue weighted by Crippen LogP contribution is -2.37. The van der Waals surface area contributed by atoms with Gasteiger partial charge in [-0.3, -0.25) is 4.98 Å². The van der Waals surface area contributed by atoms with Crippen LogP contribution in [0.15, 0.2) is 48.8 Å². The molecule has 2 aromatic heterocycles. The molecule has 0 spiro atoms. The van der Waals surface area contributed by atoms with Gasteiger partial charge in [0.05, 0.1) is 12.1 Å². The molecule has 2 heterocycles. The average Bonchev–Trinajstić information content (AvgIpc) is 2.80. The second-order valence-corrected chi connectivity index (χ2v) is 8.03. The first kappa shape index (κ1) is 21.3. The van der Waals surface area contributed by atoms with Gasteiger partial charge in [0.15, 0.2) is 0 Å². The molecule has 0 radical (unpaired) electrons. The number of halogens is 1. The van der Waals surface area contributed by atoms with Crippen molar-refractivity contribution in [1.82, 2.24) is 19.9 Å². The molecule has 8 nitrogen and oxygen atoms in total. The zero-order valence-electron chi connectivity index (χ0n) is 17.1. The molecule has 9 heteroatoms. The SMILES string of the molecule is OC1CCCCC1Nc1nc(NCc2ccncc2)nc(NCc2ccc(Cl)cc2)n1. The van der Waals surface area contributed by atoms with Crippen LogP contribution in [0.2, 0.25) is 5.02 Å². The fourth-order valence-electron chi connectivity index (χ4n) is 3.51. The normalized spacial score (nSPS) is 18.4. The highest BCUT2D eigenvalue weighted by atomic mass is 35.5. The highest BCUT2D eigenvalue weighted by molar-refractivity contribution is 6.30. The maximum absolute atomic E-state index is 10.3. The van der Waals surface area contributed by atoms with Gasteiger partial charge in [-0.15, -0.1) is 0 Å². The number of anilines is 3. The van der Waals surface area contributed by atoms with Gasteiger partial charge in [0.2, 0.25) is 17.8 Å². The highest BCUT2D eigenvalue weighted by Crippen LogP contribution is 2.22. The Kier molecular flexibility index (Phi) is 7.11. The van der Waals surface area contributed by atoms with E-state index in [0.717, 1.165) is 36.8 Å². The summed E-state index contributed by atoms with van der Waals surface area (Å²) >= 11 is 5.97. The molecule has 2 atom stereocenters. The molecule has 4 N–H and O–H groups in total. The summed E-state index contributed by atoms with van der Waals surface area (Å²) in [6.07, 6.45) is 6.90. The standard InChI is InChI=1S/C22H26ClN7O/c23-17-7-5-15(6-8-17)13-25-20-28-21(26-14-16-9-11-24-12-10-16)30-22(29-20)27-18-3-1-2-4-19(18)31/h5-12,18-19,31H,1-4,13-14H2,(H3,25,26,27,28,29,30). The van der Waals surface area contributed by atoms with Gasteiger partial charge in [0.25, 0.3) is 0 Å². The smallest absolute Gasteiger partial charge is 0.229 e. The second kappa shape index (κ2) is 10.4. The van der Waals surface area contributed by atoms with Gasteiger partial charge in [0.1, 0.15) is 0 Å². The summed E-state index contributed by atoms with van der Waals surface area (Å²) in [6.45, 7) is 1.12. The van der Waals surface area contributed by atoms with Gasteiger partial charge < -0.3 is 21.1 Å². The van der Waals surface area contributed by atoms with Gasteiger partial charge in [-0.1, -0.05) is 36.6 Å². The number of hydrogen-bond acceptors (Lipinski definition) is 8. The Hall–Kier alpha value is -2.97. The Morgan fingerprint density at radius 2 is 1.39 bits per heavy atom. The second-order valence-electron chi connectivity index (χ2n) is 7.60. The maximum Gasteiger partial charge on any atom is 0.229 e. The predicted octanol–water partition coefficient (Wildman–Crippen LogP) is 3.86. The fraction of sp³-hybridized carbons (Fsp3) is 0.364. The van der Waals surface area contributed by atoms with Crippen molar-refractivity contribution in [1.29, 1.82) is 0 Å². The lowest BCUT2D eigenvalue weighted by molar-refractivity contribution is 0.116. The van der Waals surface area contributed by atoms with E-state index in [0.29, 0.717) is 36.0 Å². The van der Waals surface area contributed by atoms with Gasteiger partial charge >= 0.3 is 0 Å². The molecule has 31 heavy (non-hydrogen) atoms. The molecule has 1 aliphatic carbocycles. The van der Waals surface area contributed by atoms with Crippen molar-refractivity contribution in [3.05, 3.63) is 64.9 Å². The summed E-state index contributed by atoms with van der Waals surface area (Å²) in [6, 6.07) is 11.4. The molecule has 1 aliphatic rings. The predicted molar refractivity (Wildman–Crippen MR) is 122 cm³/mol. The molecular weight excluding hydrogens is 414 g/mol. The minimum atomic E-state index is -0.399. The molecule has 0 amide bonds. The largest absolute Gasteiger partial charge is 0.391 e. The summed E-state index contributed by atoms with van der Waals surface area (Å²) in [5.74, 6) is 1.35. The van der Waals surface area contributed by atoms with Crippen molar-refractivity contribution in [2.45, 2.75) is 50.9 Å². The number of rotatable bonds is 8. The Labute approximate surface area is 186 Å². The van der Waals surface area contributed by atoms with E-state index in [1.54, 1.807) is 12.4 Å². The van der Waals surface area contributed by atoms with E-state index in [9.17, 15) is 5.11 Å². The number of aliphatic hydroxyl groups excluding tert-OH is 1. The minimum Gasteiger partial charge on any atom is -0.391 e. The van der Waals surface area contributed by atoms with Crippen LogP contribution >= 0.6 is 11.6 Å². The summed E-state index contributed by atoms with van der Waals surface area (Å²) < 4.78 is 0. The van der Waals surface area contributed by atoms with Crippen molar-refractivity contribution in [2.24, 2.45) is 0 Å². The van der Waals surface area contributed by atoms with E-state index in [-0.39, 0.29) is 6.04 Å². The van der Waals surface area contributed by atoms with E-state index in [1.165, 1.54) is 0 Å². The third-order valence-electron chi connectivity index (χ3n) is 5.24. The molecule has 1 fully saturated rings. The third-order valence-corrected chi connectivity index (χ3v) is 5.50. The minimum absolute atomic E-state index is 0.0617. The van der Waals surface area contributed by atoms with Gasteiger partial charge in [-0.05, 0) is 48.2 Å². The van der Waals surface area contributed by atoms with E-state index < -0.39 is 6.10 Å². The molecule has 2 unspecified atom stereocenters. The Morgan fingerprint density at radius 1 is 0.806 bits per heavy atom. The topological polar surface area (TPSA) is 108 Å². The Morgan fingerprint density at radius 3 is 2.03 bits per heavy atom. The van der Waals surface area contributed by atoms with E-state index >= 15 is 0 Å². The summed E-state index contributed by atoms with van der Waals surface area (Å²) in [7, 11) is 0. The van der Waals surface area contributed by atoms with Crippen LogP contribution in [0.25, 0.3) is 0 Å². The fourth-order valence-corrected chi connectivity index (χ4v) is 3.64. The third kappa shape index (κ3) is 6.26. The molecule has 4 rings (SSSR count). The highest BCUT2D eigenvalue weighted by Gasteiger charge is 2.24. The Bertz CT molecular complexity index is 971. The first-order valence-electron chi connectivity index (χ1n) is 10.5. The molecular formula is C22H26ClN7O. The number of pyridine rings is 1. The van der Waals surface area contributed by atoms with Crippen molar-refractivity contribution in [3.8, 4) is 0 Å². The van der Waals surface area contributed by atoms with Crippen LogP contribution in [0.1, 0.15) is 36.8 Å². The molecule has 1 aromatic carbocycles. The monoisotopic (exact) mass is 439 g/mol. The molecule has 0 bridgehead atoms. The summed E-state index contributed by atoms with van der Waals surface area (Å²) in [5, 5.41) is 20.8. The number of hydrogen-bond donors (Lipinski definition) is 4. The van der Waals surface area contributed by atoms with Crippen molar-refractivity contribution < 1.29 is 5.11 Å². The number of aromatic nitrogens is 4. The summed E-state index contributed by atoms with van der Waals surface area (Å²) in [4.78, 5) is 17.6. The Balaban J connectivity index is 1.49. The van der Waals surface area contributed by atoms with Crippen LogP contribution in [0.4, 0.5) is 17.8 Å². The van der Waals surface area contributed by atoms with Gasteiger partial charge in [-0.25, -0.2) is 0 Å². The number of benzene rings is 1. The van der Waals surface area contributed by atoms with Crippen molar-refractivity contribution >= 4 is 29.4 Å². The molecule has 162 valence electrons. The van der Waals surface area contributed by atoms with Crippen LogP contribution in [0.5, 0.6) is 0 Å². The van der Waals surface area contributed by atoms with Crippen LogP contribution in [-0.2, 0) is 13.1 Å². The maximum atomic E-state index is 10.3.